The highest BCUT2D eigenvalue weighted by molar-refractivity contribution is 7.80. The van der Waals surface area contributed by atoms with E-state index in [2.05, 4.69) is 22.9 Å². The van der Waals surface area contributed by atoms with Gasteiger partial charge in [-0.3, -0.25) is 0 Å². The van der Waals surface area contributed by atoms with E-state index in [1.807, 2.05) is 0 Å². The van der Waals surface area contributed by atoms with Crippen LogP contribution in [0.5, 0.6) is 0 Å². The monoisotopic (exact) mass is 125 g/mol. The van der Waals surface area contributed by atoms with E-state index in [4.69, 9.17) is 5.26 Å². The van der Waals surface area contributed by atoms with Crippen molar-refractivity contribution in [1.29, 1.82) is 5.26 Å². The third kappa shape index (κ3) is 0.741. The summed E-state index contributed by atoms with van der Waals surface area (Å²) in [5.41, 5.74) is 0. The molecule has 0 bridgehead atoms. The Morgan fingerprint density at radius 2 is 2.62 bits per heavy atom. The van der Waals surface area contributed by atoms with Gasteiger partial charge in [0.2, 0.25) is 6.19 Å². The highest BCUT2D eigenvalue weighted by atomic mass is 32.1. The Hall–Kier alpha value is -1.15. The van der Waals surface area contributed by atoms with Gasteiger partial charge in [-0.25, -0.2) is 0 Å². The maximum absolute atomic E-state index is 8.12. The van der Waals surface area contributed by atoms with Crippen molar-refractivity contribution in [3.63, 3.8) is 0 Å². The van der Waals surface area contributed by atoms with Crippen LogP contribution in [0.25, 0.3) is 0 Å². The molecule has 1 aromatic heterocycles. The molecule has 1 radical (unpaired) electrons. The van der Waals surface area contributed by atoms with E-state index < -0.39 is 0 Å². The van der Waals surface area contributed by atoms with E-state index >= 15 is 0 Å². The van der Waals surface area contributed by atoms with Crippen LogP contribution in [0.1, 0.15) is 0 Å². The van der Waals surface area contributed by atoms with Gasteiger partial charge in [-0.2, -0.15) is 9.94 Å². The van der Waals surface area contributed by atoms with Crippen LogP contribution in [0.3, 0.4) is 0 Å². The molecular weight excluding hydrogens is 124 g/mol. The molecule has 0 atom stereocenters. The van der Waals surface area contributed by atoms with Crippen molar-refractivity contribution in [2.24, 2.45) is 0 Å². The van der Waals surface area contributed by atoms with E-state index in [9.17, 15) is 0 Å². The minimum Gasteiger partial charge on any atom is -0.170 e. The Morgan fingerprint density at radius 3 is 2.88 bits per heavy atom. The van der Waals surface area contributed by atoms with Crippen LogP contribution in [0.4, 0.5) is 0 Å². The second kappa shape index (κ2) is 1.76. The molecule has 0 fully saturated rings. The lowest BCUT2D eigenvalue weighted by Crippen LogP contribution is -1.86. The van der Waals surface area contributed by atoms with Crippen molar-refractivity contribution in [3.8, 4) is 6.19 Å². The van der Waals surface area contributed by atoms with Crippen LogP contribution in [0, 0.1) is 11.5 Å². The van der Waals surface area contributed by atoms with E-state index in [0.717, 1.165) is 4.68 Å². The molecule has 8 heavy (non-hydrogen) atoms. The fourth-order valence-corrected chi connectivity index (χ4v) is 0.434. The van der Waals surface area contributed by atoms with E-state index in [1.165, 1.54) is 6.20 Å². The van der Waals surface area contributed by atoms with Gasteiger partial charge in [-0.15, -0.1) is 5.10 Å². The molecule has 0 aliphatic heterocycles. The van der Waals surface area contributed by atoms with Crippen LogP contribution in [-0.4, -0.2) is 15.0 Å². The number of hydrogen-bond donors (Lipinski definition) is 0. The average molecular weight is 125 g/mol. The fourth-order valence-electron chi connectivity index (χ4n) is 0.297. The maximum Gasteiger partial charge on any atom is 0.207 e. The van der Waals surface area contributed by atoms with Crippen LogP contribution in [0.15, 0.2) is 11.2 Å². The minimum absolute atomic E-state index is 0.339. The topological polar surface area (TPSA) is 54.5 Å². The summed E-state index contributed by atoms with van der Waals surface area (Å²) in [5, 5.41) is 15.2. The standard InChI is InChI=1S/C3HN4S/c4-2-7-1-3(8)5-6-7/h1H. The number of nitrogens with zero attached hydrogens (tertiary/aromatic N) is 4. The first-order chi connectivity index (χ1) is 3.83. The number of nitriles is 1. The average Bonchev–Trinajstić information content (AvgIpc) is 2.14. The van der Waals surface area contributed by atoms with Crippen molar-refractivity contribution in [2.45, 2.75) is 5.03 Å². The van der Waals surface area contributed by atoms with Gasteiger partial charge >= 0.3 is 0 Å². The summed E-state index contributed by atoms with van der Waals surface area (Å²) in [5.74, 6) is 0. The zero-order chi connectivity index (χ0) is 5.98. The van der Waals surface area contributed by atoms with Gasteiger partial charge in [0.25, 0.3) is 0 Å². The molecule has 1 heterocycles. The van der Waals surface area contributed by atoms with E-state index in [0.29, 0.717) is 5.03 Å². The molecule has 0 aromatic carbocycles. The largest absolute Gasteiger partial charge is 0.207 e. The zero-order valence-corrected chi connectivity index (χ0v) is 4.59. The molecule has 39 valence electrons. The smallest absolute Gasteiger partial charge is 0.170 e. The van der Waals surface area contributed by atoms with Crippen molar-refractivity contribution in [1.82, 2.24) is 15.0 Å². The Kier molecular flexibility index (Phi) is 1.10. The Bertz CT molecular complexity index is 221. The highest BCUT2D eigenvalue weighted by Crippen LogP contribution is 1.94. The van der Waals surface area contributed by atoms with Crippen molar-refractivity contribution < 1.29 is 0 Å². The maximum atomic E-state index is 8.12. The first-order valence-corrected chi connectivity index (χ1v) is 2.23. The molecule has 0 unspecified atom stereocenters. The molecule has 0 saturated heterocycles. The lowest BCUT2D eigenvalue weighted by atomic mass is 10.9. The van der Waals surface area contributed by atoms with Crippen LogP contribution in [0.2, 0.25) is 0 Å². The van der Waals surface area contributed by atoms with Crippen molar-refractivity contribution in [2.75, 3.05) is 0 Å². The van der Waals surface area contributed by atoms with E-state index in [1.54, 1.807) is 6.19 Å². The molecule has 0 aliphatic carbocycles. The first-order valence-electron chi connectivity index (χ1n) is 1.82. The molecule has 1 aromatic rings. The minimum atomic E-state index is 0.339. The molecule has 0 saturated carbocycles. The molecule has 4 nitrogen and oxygen atoms in total. The van der Waals surface area contributed by atoms with Crippen molar-refractivity contribution >= 4 is 12.6 Å². The second-order valence-corrected chi connectivity index (χ2v) is 1.52. The number of hydrogen-bond acceptors (Lipinski definition) is 3. The lowest BCUT2D eigenvalue weighted by Gasteiger charge is -1.69. The molecule has 0 aliphatic rings. The summed E-state index contributed by atoms with van der Waals surface area (Å²) >= 11 is 4.55. The Labute approximate surface area is 51.1 Å². The van der Waals surface area contributed by atoms with E-state index in [-0.39, 0.29) is 0 Å². The number of rotatable bonds is 0. The summed E-state index contributed by atoms with van der Waals surface area (Å²) in [6.07, 6.45) is 3.09. The molecule has 5 heteroatoms. The Balaban J connectivity index is 3.05. The Morgan fingerprint density at radius 1 is 1.88 bits per heavy atom. The van der Waals surface area contributed by atoms with Gasteiger partial charge in [0.15, 0.2) is 5.03 Å². The first kappa shape index (κ1) is 5.00. The van der Waals surface area contributed by atoms with Gasteiger partial charge in [0, 0.05) is 0 Å². The third-order valence-electron chi connectivity index (χ3n) is 0.575. The fraction of sp³-hybridized carbons (Fsp3) is 0. The normalized spacial score (nSPS) is 8.38. The molecule has 0 N–H and O–H groups in total. The lowest BCUT2D eigenvalue weighted by molar-refractivity contribution is 0.808. The number of aromatic nitrogens is 3. The van der Waals surface area contributed by atoms with Gasteiger partial charge in [0.1, 0.15) is 0 Å². The SMILES string of the molecule is N#Cn1cc([S])nn1. The van der Waals surface area contributed by atoms with Crippen LogP contribution < -0.4 is 0 Å². The van der Waals surface area contributed by atoms with Gasteiger partial charge in [0.05, 0.1) is 6.20 Å². The zero-order valence-electron chi connectivity index (χ0n) is 3.77. The van der Waals surface area contributed by atoms with Crippen molar-refractivity contribution in [3.05, 3.63) is 6.20 Å². The molecular formula is C3HN4S. The molecule has 0 amide bonds. The van der Waals surface area contributed by atoms with Gasteiger partial charge < -0.3 is 0 Å². The van der Waals surface area contributed by atoms with Gasteiger partial charge in [-0.05, 0) is 0 Å². The molecule has 0 spiro atoms. The summed E-state index contributed by atoms with van der Waals surface area (Å²) in [6, 6.07) is 0. The predicted octanol–water partition coefficient (Wildman–Crippen LogP) is 0.164. The predicted molar refractivity (Wildman–Crippen MR) is 26.9 cm³/mol. The molecule has 1 rings (SSSR count). The third-order valence-corrected chi connectivity index (χ3v) is 0.762. The summed E-state index contributed by atoms with van der Waals surface area (Å²) in [6.45, 7) is 0. The summed E-state index contributed by atoms with van der Waals surface area (Å²) in [4.78, 5) is 0. The van der Waals surface area contributed by atoms with Crippen LogP contribution >= 0.6 is 12.6 Å². The van der Waals surface area contributed by atoms with Crippen LogP contribution in [-0.2, 0) is 0 Å². The summed E-state index contributed by atoms with van der Waals surface area (Å²) in [7, 11) is 0. The van der Waals surface area contributed by atoms with Gasteiger partial charge in [-0.1, -0.05) is 17.8 Å². The summed E-state index contributed by atoms with van der Waals surface area (Å²) < 4.78 is 1.00. The second-order valence-electron chi connectivity index (χ2n) is 1.10. The highest BCUT2D eigenvalue weighted by Gasteiger charge is 1.90. The quantitative estimate of drug-likeness (QED) is 0.496.